The van der Waals surface area contributed by atoms with Crippen molar-refractivity contribution in [3.05, 3.63) is 47.8 Å². The van der Waals surface area contributed by atoms with Gasteiger partial charge in [-0.3, -0.25) is 0 Å². The Kier molecular flexibility index (Phi) is 1.91. The van der Waals surface area contributed by atoms with Gasteiger partial charge in [0.25, 0.3) is 0 Å². The van der Waals surface area contributed by atoms with Crippen molar-refractivity contribution in [3.8, 4) is 5.69 Å². The van der Waals surface area contributed by atoms with E-state index in [0.717, 1.165) is 16.9 Å². The molecule has 3 rings (SSSR count). The zero-order valence-corrected chi connectivity index (χ0v) is 9.31. The van der Waals surface area contributed by atoms with Crippen molar-refractivity contribution in [1.82, 2.24) is 9.78 Å². The molecule has 0 N–H and O–H groups in total. The third-order valence-electron chi connectivity index (χ3n) is 2.69. The lowest BCUT2D eigenvalue weighted by Gasteiger charge is -2.03. The van der Waals surface area contributed by atoms with E-state index in [1.54, 1.807) is 10.9 Å². The summed E-state index contributed by atoms with van der Waals surface area (Å²) >= 11 is 0. The van der Waals surface area contributed by atoms with E-state index < -0.39 is 9.84 Å². The minimum atomic E-state index is -2.95. The van der Waals surface area contributed by atoms with E-state index in [2.05, 4.69) is 5.10 Å². The number of rotatable bonds is 1. The summed E-state index contributed by atoms with van der Waals surface area (Å²) in [5.74, 6) is 0.215. The molecule has 1 aromatic heterocycles. The normalized spacial score (nSPS) is 17.2. The maximum atomic E-state index is 11.5. The molecule has 0 bridgehead atoms. The first kappa shape index (κ1) is 9.59. The second kappa shape index (κ2) is 3.18. The van der Waals surface area contributed by atoms with Gasteiger partial charge in [0.1, 0.15) is 0 Å². The van der Waals surface area contributed by atoms with Gasteiger partial charge in [-0.2, -0.15) is 5.10 Å². The molecule has 2 aromatic rings. The average Bonchev–Trinajstić information content (AvgIpc) is 2.74. The lowest BCUT2D eigenvalue weighted by atomic mass is 10.3. The molecule has 0 spiro atoms. The zero-order valence-electron chi connectivity index (χ0n) is 8.50. The number of fused-ring (bicyclic) bond motifs is 1. The van der Waals surface area contributed by atoms with E-state index in [4.69, 9.17) is 0 Å². The molecule has 0 fully saturated rings. The summed E-state index contributed by atoms with van der Waals surface area (Å²) in [6.45, 7) is 0. The number of aromatic nitrogens is 2. The number of hydrogen-bond donors (Lipinski definition) is 0. The average molecular weight is 234 g/mol. The van der Waals surface area contributed by atoms with Crippen molar-refractivity contribution in [2.45, 2.75) is 11.5 Å². The third kappa shape index (κ3) is 1.44. The maximum absolute atomic E-state index is 11.5. The Morgan fingerprint density at radius 3 is 2.62 bits per heavy atom. The van der Waals surface area contributed by atoms with Crippen molar-refractivity contribution in [1.29, 1.82) is 0 Å². The van der Waals surface area contributed by atoms with Crippen LogP contribution in [0, 0.1) is 0 Å². The lowest BCUT2D eigenvalue weighted by molar-refractivity contribution is 0.596. The number of para-hydroxylation sites is 1. The highest BCUT2D eigenvalue weighted by Gasteiger charge is 2.28. The smallest absolute Gasteiger partial charge is 0.160 e. The second-order valence-electron chi connectivity index (χ2n) is 3.90. The van der Waals surface area contributed by atoms with Crippen LogP contribution in [0.15, 0.2) is 36.5 Å². The van der Waals surface area contributed by atoms with Crippen molar-refractivity contribution in [2.24, 2.45) is 0 Å². The van der Waals surface area contributed by atoms with Crippen molar-refractivity contribution >= 4 is 9.84 Å². The van der Waals surface area contributed by atoms with Crippen LogP contribution in [0.3, 0.4) is 0 Å². The molecular weight excluding hydrogens is 224 g/mol. The predicted molar refractivity (Wildman–Crippen MR) is 59.9 cm³/mol. The first-order chi connectivity index (χ1) is 7.66. The molecule has 4 nitrogen and oxygen atoms in total. The van der Waals surface area contributed by atoms with Crippen LogP contribution < -0.4 is 0 Å². The van der Waals surface area contributed by atoms with Gasteiger partial charge in [-0.1, -0.05) is 18.2 Å². The molecular formula is C11H10N2O2S. The first-order valence-corrected chi connectivity index (χ1v) is 6.79. The highest BCUT2D eigenvalue weighted by Crippen LogP contribution is 2.26. The number of hydrogen-bond acceptors (Lipinski definition) is 3. The van der Waals surface area contributed by atoms with Crippen LogP contribution >= 0.6 is 0 Å². The summed E-state index contributed by atoms with van der Waals surface area (Å²) in [6, 6.07) is 9.57. The van der Waals surface area contributed by atoms with Gasteiger partial charge in [0.2, 0.25) is 0 Å². The minimum absolute atomic E-state index is 0.0945. The fourth-order valence-corrected chi connectivity index (χ4v) is 3.51. The number of benzene rings is 1. The second-order valence-corrected chi connectivity index (χ2v) is 5.96. The molecule has 5 heteroatoms. The third-order valence-corrected chi connectivity index (χ3v) is 4.15. The van der Waals surface area contributed by atoms with E-state index in [1.807, 2.05) is 30.3 Å². The Morgan fingerprint density at radius 1 is 1.12 bits per heavy atom. The maximum Gasteiger partial charge on any atom is 0.160 e. The largest absolute Gasteiger partial charge is 0.236 e. The van der Waals surface area contributed by atoms with Crippen molar-refractivity contribution < 1.29 is 8.42 Å². The van der Waals surface area contributed by atoms with Gasteiger partial charge in [-0.05, 0) is 12.1 Å². The van der Waals surface area contributed by atoms with Gasteiger partial charge in [0.05, 0.1) is 29.1 Å². The van der Waals surface area contributed by atoms with E-state index in [0.29, 0.717) is 0 Å². The van der Waals surface area contributed by atoms with Crippen LogP contribution in [0.1, 0.15) is 11.3 Å². The zero-order chi connectivity index (χ0) is 11.2. The molecule has 16 heavy (non-hydrogen) atoms. The van der Waals surface area contributed by atoms with Crippen LogP contribution in [0.5, 0.6) is 0 Å². The Bertz CT molecular complexity index is 629. The SMILES string of the molecule is O=S1(=O)Cc2cnn(-c3ccccc3)c2C1. The van der Waals surface area contributed by atoms with Crippen LogP contribution in [0.4, 0.5) is 0 Å². The molecule has 0 radical (unpaired) electrons. The van der Waals surface area contributed by atoms with Gasteiger partial charge in [-0.15, -0.1) is 0 Å². The summed E-state index contributed by atoms with van der Waals surface area (Å²) in [6.07, 6.45) is 1.65. The highest BCUT2D eigenvalue weighted by molar-refractivity contribution is 7.90. The topological polar surface area (TPSA) is 52.0 Å². The van der Waals surface area contributed by atoms with E-state index in [-0.39, 0.29) is 11.5 Å². The molecule has 82 valence electrons. The van der Waals surface area contributed by atoms with Crippen LogP contribution in [0.25, 0.3) is 5.69 Å². The standard InChI is InChI=1S/C11H10N2O2S/c14-16(15)7-9-6-12-13(11(9)8-16)10-4-2-1-3-5-10/h1-6H,7-8H2. The molecule has 0 saturated carbocycles. The molecule has 1 aliphatic rings. The van der Waals surface area contributed by atoms with Crippen molar-refractivity contribution in [3.63, 3.8) is 0 Å². The highest BCUT2D eigenvalue weighted by atomic mass is 32.2. The van der Waals surface area contributed by atoms with Gasteiger partial charge in [-0.25, -0.2) is 13.1 Å². The van der Waals surface area contributed by atoms with E-state index in [1.165, 1.54) is 0 Å². The van der Waals surface area contributed by atoms with Gasteiger partial charge in [0.15, 0.2) is 9.84 Å². The summed E-state index contributed by atoms with van der Waals surface area (Å²) in [5, 5.41) is 4.23. The summed E-state index contributed by atoms with van der Waals surface area (Å²) < 4.78 is 24.7. The quantitative estimate of drug-likeness (QED) is 0.747. The summed E-state index contributed by atoms with van der Waals surface area (Å²) in [4.78, 5) is 0. The molecule has 0 atom stereocenters. The van der Waals surface area contributed by atoms with Crippen LogP contribution in [0.2, 0.25) is 0 Å². The molecule has 2 heterocycles. The molecule has 1 aromatic carbocycles. The van der Waals surface area contributed by atoms with Crippen LogP contribution in [-0.2, 0) is 21.3 Å². The van der Waals surface area contributed by atoms with E-state index >= 15 is 0 Å². The Balaban J connectivity index is 2.14. The monoisotopic (exact) mass is 234 g/mol. The molecule has 1 aliphatic heterocycles. The minimum Gasteiger partial charge on any atom is -0.236 e. The molecule has 0 amide bonds. The van der Waals surface area contributed by atoms with Gasteiger partial charge < -0.3 is 0 Å². The van der Waals surface area contributed by atoms with Gasteiger partial charge >= 0.3 is 0 Å². The molecule has 0 aliphatic carbocycles. The Morgan fingerprint density at radius 2 is 1.88 bits per heavy atom. The van der Waals surface area contributed by atoms with Crippen LogP contribution in [-0.4, -0.2) is 18.2 Å². The van der Waals surface area contributed by atoms with Crippen molar-refractivity contribution in [2.75, 3.05) is 0 Å². The fourth-order valence-electron chi connectivity index (χ4n) is 1.97. The van der Waals surface area contributed by atoms with Gasteiger partial charge in [0, 0.05) is 5.56 Å². The number of nitrogens with zero attached hydrogens (tertiary/aromatic N) is 2. The lowest BCUT2D eigenvalue weighted by Crippen LogP contribution is -2.04. The summed E-state index contributed by atoms with van der Waals surface area (Å²) in [5.41, 5.74) is 2.52. The first-order valence-electron chi connectivity index (χ1n) is 4.97. The fraction of sp³-hybridized carbons (Fsp3) is 0.182. The Labute approximate surface area is 93.4 Å². The Hall–Kier alpha value is -1.62. The molecule has 0 saturated heterocycles. The number of sulfone groups is 1. The predicted octanol–water partition coefficient (Wildman–Crippen LogP) is 1.30. The van der Waals surface area contributed by atoms with E-state index in [9.17, 15) is 8.42 Å². The summed E-state index contributed by atoms with van der Waals surface area (Å²) in [7, 11) is -2.95. The molecule has 0 unspecified atom stereocenters.